The maximum atomic E-state index is 14.0. The van der Waals surface area contributed by atoms with E-state index in [1.54, 1.807) is 30.0 Å². The topological polar surface area (TPSA) is 112 Å². The number of amides is 1. The summed E-state index contributed by atoms with van der Waals surface area (Å²) in [4.78, 5) is 24.1. The highest BCUT2D eigenvalue weighted by atomic mass is 32.2. The van der Waals surface area contributed by atoms with Crippen molar-refractivity contribution in [1.29, 1.82) is 4.78 Å². The van der Waals surface area contributed by atoms with Crippen molar-refractivity contribution < 1.29 is 22.2 Å². The number of nitrogens with one attached hydrogen (secondary N) is 2. The summed E-state index contributed by atoms with van der Waals surface area (Å²) in [5.74, 6) is -2.67. The molecule has 1 aromatic carbocycles. The number of aromatic nitrogens is 2. The molecule has 0 spiro atoms. The molecular weight excluding hydrogens is 464 g/mol. The Balaban J connectivity index is 1.75. The zero-order chi connectivity index (χ0) is 24.5. The number of benzene rings is 1. The first-order chi connectivity index (χ1) is 16.0. The van der Waals surface area contributed by atoms with E-state index < -0.39 is 21.6 Å². The van der Waals surface area contributed by atoms with Gasteiger partial charge in [-0.25, -0.2) is 27.7 Å². The Labute approximate surface area is 196 Å². The van der Waals surface area contributed by atoms with E-state index in [2.05, 4.69) is 15.3 Å². The van der Waals surface area contributed by atoms with Crippen molar-refractivity contribution in [3.8, 4) is 11.5 Å². The molecule has 3 aromatic rings. The van der Waals surface area contributed by atoms with Crippen LogP contribution in [0.4, 0.5) is 20.3 Å². The largest absolute Gasteiger partial charge is 0.444 e. The van der Waals surface area contributed by atoms with Crippen LogP contribution in [0.5, 0.6) is 0 Å². The molecule has 1 unspecified atom stereocenters. The summed E-state index contributed by atoms with van der Waals surface area (Å²) in [6, 6.07) is 6.28. The number of pyridine rings is 1. The van der Waals surface area contributed by atoms with E-state index in [-0.39, 0.29) is 42.2 Å². The van der Waals surface area contributed by atoms with Gasteiger partial charge in [0.2, 0.25) is 11.8 Å². The SMILES string of the molecule is Cc1c(-c2ncco2)cnc(N2CCCC(F)(F)CC2)c1C(=O)Nc1cccc(S(C)(=N)=O)c1. The second kappa shape index (κ2) is 9.13. The third-order valence-corrected chi connectivity index (χ3v) is 6.92. The van der Waals surface area contributed by atoms with Crippen molar-refractivity contribution in [2.24, 2.45) is 0 Å². The first-order valence-corrected chi connectivity index (χ1v) is 12.7. The third kappa shape index (κ3) is 5.09. The second-order valence-corrected chi connectivity index (χ2v) is 10.5. The van der Waals surface area contributed by atoms with Crippen molar-refractivity contribution in [3.05, 3.63) is 54.0 Å². The zero-order valence-corrected chi connectivity index (χ0v) is 19.6. The average Bonchev–Trinajstić information content (AvgIpc) is 3.23. The minimum absolute atomic E-state index is 0.0598. The van der Waals surface area contributed by atoms with Gasteiger partial charge in [0.15, 0.2) is 0 Å². The van der Waals surface area contributed by atoms with Crippen LogP contribution < -0.4 is 10.2 Å². The number of rotatable bonds is 5. The lowest BCUT2D eigenvalue weighted by molar-refractivity contribution is -0.0102. The van der Waals surface area contributed by atoms with Gasteiger partial charge in [-0.05, 0) is 37.1 Å². The van der Waals surface area contributed by atoms with Crippen LogP contribution in [0.25, 0.3) is 11.5 Å². The highest BCUT2D eigenvalue weighted by Gasteiger charge is 2.34. The molecule has 11 heteroatoms. The molecule has 1 fully saturated rings. The molecule has 1 atom stereocenters. The Morgan fingerprint density at radius 3 is 2.76 bits per heavy atom. The molecule has 1 amide bonds. The van der Waals surface area contributed by atoms with Crippen LogP contribution in [0, 0.1) is 11.7 Å². The highest BCUT2D eigenvalue weighted by Crippen LogP contribution is 2.34. The van der Waals surface area contributed by atoms with E-state index in [1.165, 1.54) is 31.0 Å². The van der Waals surface area contributed by atoms with Crippen molar-refractivity contribution in [3.63, 3.8) is 0 Å². The molecule has 0 aliphatic carbocycles. The van der Waals surface area contributed by atoms with Crippen molar-refractivity contribution in [2.75, 3.05) is 29.6 Å². The summed E-state index contributed by atoms with van der Waals surface area (Å²) in [6.07, 6.45) is 5.45. The molecular formula is C23H25F2N5O3S. The molecule has 1 aliphatic heterocycles. The number of hydrogen-bond donors (Lipinski definition) is 2. The number of nitrogens with zero attached hydrogens (tertiary/aromatic N) is 3. The van der Waals surface area contributed by atoms with Crippen LogP contribution in [0.3, 0.4) is 0 Å². The van der Waals surface area contributed by atoms with Gasteiger partial charge in [-0.15, -0.1) is 0 Å². The molecule has 0 saturated carbocycles. The number of carbonyl (C=O) groups excluding carboxylic acids is 1. The summed E-state index contributed by atoms with van der Waals surface area (Å²) in [6.45, 7) is 2.13. The van der Waals surface area contributed by atoms with Crippen LogP contribution >= 0.6 is 0 Å². The van der Waals surface area contributed by atoms with Crippen molar-refractivity contribution >= 4 is 27.1 Å². The van der Waals surface area contributed by atoms with E-state index in [1.807, 2.05) is 0 Å². The van der Waals surface area contributed by atoms with Crippen LogP contribution in [0.1, 0.15) is 35.2 Å². The zero-order valence-electron chi connectivity index (χ0n) is 18.8. The lowest BCUT2D eigenvalue weighted by Gasteiger charge is -2.25. The maximum Gasteiger partial charge on any atom is 0.259 e. The summed E-state index contributed by atoms with van der Waals surface area (Å²) >= 11 is 0. The maximum absolute atomic E-state index is 14.0. The van der Waals surface area contributed by atoms with E-state index in [9.17, 15) is 17.8 Å². The molecule has 180 valence electrons. The molecule has 34 heavy (non-hydrogen) atoms. The molecule has 0 radical (unpaired) electrons. The van der Waals surface area contributed by atoms with Gasteiger partial charge < -0.3 is 14.6 Å². The molecule has 1 saturated heterocycles. The van der Waals surface area contributed by atoms with E-state index >= 15 is 0 Å². The van der Waals surface area contributed by atoms with Gasteiger partial charge in [-0.1, -0.05) is 6.07 Å². The Morgan fingerprint density at radius 1 is 1.26 bits per heavy atom. The monoisotopic (exact) mass is 489 g/mol. The van der Waals surface area contributed by atoms with Gasteiger partial charge in [0, 0.05) is 49.0 Å². The van der Waals surface area contributed by atoms with E-state index in [4.69, 9.17) is 9.20 Å². The lowest BCUT2D eigenvalue weighted by Crippen LogP contribution is -2.30. The summed E-state index contributed by atoms with van der Waals surface area (Å²) in [7, 11) is -2.97. The summed E-state index contributed by atoms with van der Waals surface area (Å²) in [5, 5.41) is 2.78. The van der Waals surface area contributed by atoms with Gasteiger partial charge in [0.1, 0.15) is 12.1 Å². The Bertz CT molecular complexity index is 1310. The van der Waals surface area contributed by atoms with Crippen LogP contribution in [0.15, 0.2) is 52.2 Å². The number of hydrogen-bond acceptors (Lipinski definition) is 7. The fourth-order valence-corrected chi connectivity index (χ4v) is 4.65. The Morgan fingerprint density at radius 2 is 2.06 bits per heavy atom. The van der Waals surface area contributed by atoms with Crippen molar-refractivity contribution in [2.45, 2.75) is 37.0 Å². The lowest BCUT2D eigenvalue weighted by atomic mass is 10.0. The summed E-state index contributed by atoms with van der Waals surface area (Å²) in [5.41, 5.74) is 1.63. The van der Waals surface area contributed by atoms with E-state index in [0.717, 1.165) is 0 Å². The summed E-state index contributed by atoms with van der Waals surface area (Å²) < 4.78 is 53.3. The predicted molar refractivity (Wildman–Crippen MR) is 125 cm³/mol. The number of oxazole rings is 1. The molecule has 3 heterocycles. The fraction of sp³-hybridized carbons (Fsp3) is 0.348. The van der Waals surface area contributed by atoms with Crippen molar-refractivity contribution in [1.82, 2.24) is 9.97 Å². The second-order valence-electron chi connectivity index (χ2n) is 8.35. The molecule has 1 aliphatic rings. The average molecular weight is 490 g/mol. The number of anilines is 2. The first-order valence-electron chi connectivity index (χ1n) is 10.7. The highest BCUT2D eigenvalue weighted by molar-refractivity contribution is 7.91. The molecule has 8 nitrogen and oxygen atoms in total. The number of halogens is 2. The molecule has 4 rings (SSSR count). The Kier molecular flexibility index (Phi) is 6.39. The van der Waals surface area contributed by atoms with Crippen LogP contribution in [0.2, 0.25) is 0 Å². The third-order valence-electron chi connectivity index (χ3n) is 5.77. The molecule has 0 bridgehead atoms. The minimum Gasteiger partial charge on any atom is -0.444 e. The first kappa shape index (κ1) is 23.8. The van der Waals surface area contributed by atoms with Gasteiger partial charge in [-0.2, -0.15) is 0 Å². The minimum atomic E-state index is -2.97. The molecule has 2 aromatic heterocycles. The van der Waals surface area contributed by atoms with Gasteiger partial charge in [-0.3, -0.25) is 4.79 Å². The van der Waals surface area contributed by atoms with Crippen LogP contribution in [-0.2, 0) is 9.73 Å². The van der Waals surface area contributed by atoms with Gasteiger partial charge in [0.05, 0.1) is 27.1 Å². The molecule has 2 N–H and O–H groups in total. The quantitative estimate of drug-likeness (QED) is 0.524. The number of alkyl halides is 2. The smallest absolute Gasteiger partial charge is 0.259 e. The van der Waals surface area contributed by atoms with Gasteiger partial charge >= 0.3 is 0 Å². The van der Waals surface area contributed by atoms with Gasteiger partial charge in [0.25, 0.3) is 5.91 Å². The fourth-order valence-electron chi connectivity index (χ4n) is 3.96. The Hall–Kier alpha value is -3.34. The standard InChI is InChI=1S/C23H25F2N5O3S/c1-15-18(22-27-9-12-33-22)14-28-20(30-10-4-7-23(24,25)8-11-30)19(15)21(31)29-16-5-3-6-17(13-16)34(2,26)32/h3,5-6,9,12-14,26H,4,7-8,10-11H2,1-2H3,(H,29,31). The van der Waals surface area contributed by atoms with E-state index in [0.29, 0.717) is 29.2 Å². The predicted octanol–water partition coefficient (Wildman–Crippen LogP) is 4.96. The van der Waals surface area contributed by atoms with Crippen LogP contribution in [-0.4, -0.2) is 45.4 Å². The number of carbonyl (C=O) groups is 1. The normalized spacial score (nSPS) is 17.6.